The number of hydrogen-bond acceptors (Lipinski definition) is 4. The quantitative estimate of drug-likeness (QED) is 0.832. The number of carboxylic acids is 1. The van der Waals surface area contributed by atoms with Crippen molar-refractivity contribution < 1.29 is 14.7 Å². The molecule has 0 radical (unpaired) electrons. The Bertz CT molecular complexity index is 975. The molecule has 2 aromatic rings. The molecule has 1 atom stereocenters. The van der Waals surface area contributed by atoms with E-state index in [-0.39, 0.29) is 11.8 Å². The Balaban J connectivity index is 1.62. The first-order valence-electron chi connectivity index (χ1n) is 9.51. The Morgan fingerprint density at radius 2 is 1.89 bits per heavy atom. The van der Waals surface area contributed by atoms with E-state index in [4.69, 9.17) is 0 Å². The summed E-state index contributed by atoms with van der Waals surface area (Å²) in [6.45, 7) is 0.633. The number of aliphatic carboxylic acids is 1. The fourth-order valence-corrected chi connectivity index (χ4v) is 3.73. The second-order valence-corrected chi connectivity index (χ2v) is 7.38. The molecule has 6 nitrogen and oxygen atoms in total. The van der Waals surface area contributed by atoms with Crippen molar-refractivity contribution in [2.24, 2.45) is 5.92 Å². The van der Waals surface area contributed by atoms with Crippen molar-refractivity contribution in [3.05, 3.63) is 48.0 Å². The van der Waals surface area contributed by atoms with Gasteiger partial charge in [0.2, 0.25) is 5.91 Å². The third kappa shape index (κ3) is 3.56. The van der Waals surface area contributed by atoms with Crippen LogP contribution in [0.5, 0.6) is 0 Å². The summed E-state index contributed by atoms with van der Waals surface area (Å²) in [7, 11) is 0. The number of nitrogens with one attached hydrogen (secondary N) is 1. The predicted molar refractivity (Wildman–Crippen MR) is 106 cm³/mol. The molecule has 2 aliphatic rings. The number of anilines is 2. The zero-order valence-electron chi connectivity index (χ0n) is 15.4. The third-order valence-electron chi connectivity index (χ3n) is 5.38. The molecule has 1 aliphatic carbocycles. The van der Waals surface area contributed by atoms with Crippen molar-refractivity contribution in [3.8, 4) is 17.2 Å². The minimum Gasteiger partial charge on any atom is -0.480 e. The van der Waals surface area contributed by atoms with E-state index in [1.807, 2.05) is 36.4 Å². The molecule has 0 unspecified atom stereocenters. The molecule has 1 aliphatic heterocycles. The molecule has 1 saturated carbocycles. The molecular formula is C22H21N3O3. The van der Waals surface area contributed by atoms with Crippen LogP contribution in [0.2, 0.25) is 0 Å². The van der Waals surface area contributed by atoms with Gasteiger partial charge in [-0.25, -0.2) is 4.79 Å². The van der Waals surface area contributed by atoms with Crippen LogP contribution in [0.4, 0.5) is 11.4 Å². The van der Waals surface area contributed by atoms with Crippen molar-refractivity contribution in [1.82, 2.24) is 0 Å². The average molecular weight is 375 g/mol. The van der Waals surface area contributed by atoms with Crippen LogP contribution in [0.15, 0.2) is 42.5 Å². The zero-order chi connectivity index (χ0) is 19.7. The lowest BCUT2D eigenvalue weighted by atomic mass is 10.0. The van der Waals surface area contributed by atoms with Gasteiger partial charge in [0.15, 0.2) is 0 Å². The predicted octanol–water partition coefficient (Wildman–Crippen LogP) is 3.63. The first-order valence-corrected chi connectivity index (χ1v) is 9.51. The molecule has 142 valence electrons. The summed E-state index contributed by atoms with van der Waals surface area (Å²) >= 11 is 0. The topological polar surface area (TPSA) is 93.4 Å². The van der Waals surface area contributed by atoms with E-state index in [1.54, 1.807) is 11.0 Å². The standard InChI is InChI=1S/C22H21N3O3/c23-13-17-11-16(8-9-19(17)25-10-2-5-20(25)22(27)28)15-3-1-4-18(12-15)24-21(26)14-6-7-14/h1,3-4,8-9,11-12,14,20H,2,5-7,10H2,(H,24,26)(H,27,28)/t20-/m0/s1. The van der Waals surface area contributed by atoms with Crippen LogP contribution in [0, 0.1) is 17.2 Å². The van der Waals surface area contributed by atoms with Crippen molar-refractivity contribution in [2.75, 3.05) is 16.8 Å². The van der Waals surface area contributed by atoms with E-state index >= 15 is 0 Å². The maximum absolute atomic E-state index is 12.0. The molecule has 2 aromatic carbocycles. The van der Waals surface area contributed by atoms with Crippen LogP contribution in [0.3, 0.4) is 0 Å². The summed E-state index contributed by atoms with van der Waals surface area (Å²) in [4.78, 5) is 25.3. The summed E-state index contributed by atoms with van der Waals surface area (Å²) in [6.07, 6.45) is 3.29. The van der Waals surface area contributed by atoms with E-state index < -0.39 is 12.0 Å². The maximum Gasteiger partial charge on any atom is 0.326 e. The molecule has 1 amide bonds. The molecule has 6 heteroatoms. The highest BCUT2D eigenvalue weighted by Crippen LogP contribution is 2.33. The summed E-state index contributed by atoms with van der Waals surface area (Å²) in [5, 5.41) is 22.0. The molecule has 28 heavy (non-hydrogen) atoms. The number of carboxylic acid groups (broad SMARTS) is 1. The lowest BCUT2D eigenvalue weighted by Gasteiger charge is -2.25. The fraction of sp³-hybridized carbons (Fsp3) is 0.318. The first-order chi connectivity index (χ1) is 13.6. The number of rotatable bonds is 5. The molecule has 1 saturated heterocycles. The highest BCUT2D eigenvalue weighted by Gasteiger charge is 2.32. The molecule has 4 rings (SSSR count). The molecule has 2 fully saturated rings. The number of carbonyl (C=O) groups is 2. The van der Waals surface area contributed by atoms with Crippen molar-refractivity contribution in [2.45, 2.75) is 31.7 Å². The molecule has 2 N–H and O–H groups in total. The van der Waals surface area contributed by atoms with Crippen LogP contribution in [-0.4, -0.2) is 29.6 Å². The molecule has 0 aromatic heterocycles. The largest absolute Gasteiger partial charge is 0.480 e. The van der Waals surface area contributed by atoms with Crippen LogP contribution < -0.4 is 10.2 Å². The van der Waals surface area contributed by atoms with Crippen molar-refractivity contribution in [3.63, 3.8) is 0 Å². The average Bonchev–Trinajstić information content (AvgIpc) is 3.44. The molecule has 0 spiro atoms. The summed E-state index contributed by atoms with van der Waals surface area (Å²) in [5.41, 5.74) is 3.61. The van der Waals surface area contributed by atoms with Crippen LogP contribution in [0.1, 0.15) is 31.2 Å². The maximum atomic E-state index is 12.0. The number of hydrogen-bond donors (Lipinski definition) is 2. The van der Waals surface area contributed by atoms with Crippen molar-refractivity contribution in [1.29, 1.82) is 5.26 Å². The number of nitrogens with zero attached hydrogens (tertiary/aromatic N) is 2. The molecule has 1 heterocycles. The van der Waals surface area contributed by atoms with Gasteiger partial charge >= 0.3 is 5.97 Å². The molecule has 0 bridgehead atoms. The van der Waals surface area contributed by atoms with E-state index in [2.05, 4.69) is 11.4 Å². The SMILES string of the molecule is N#Cc1cc(-c2cccc(NC(=O)C3CC3)c2)ccc1N1CCC[C@H]1C(=O)O. The third-order valence-corrected chi connectivity index (χ3v) is 5.38. The normalized spacial score (nSPS) is 18.5. The lowest BCUT2D eigenvalue weighted by molar-refractivity contribution is -0.138. The Morgan fingerprint density at radius 1 is 1.11 bits per heavy atom. The second-order valence-electron chi connectivity index (χ2n) is 7.38. The fourth-order valence-electron chi connectivity index (χ4n) is 3.73. The van der Waals surface area contributed by atoms with Gasteiger partial charge in [-0.1, -0.05) is 18.2 Å². The van der Waals surface area contributed by atoms with Crippen molar-refractivity contribution >= 4 is 23.3 Å². The van der Waals surface area contributed by atoms with Crippen LogP contribution in [-0.2, 0) is 9.59 Å². The van der Waals surface area contributed by atoms with Crippen LogP contribution in [0.25, 0.3) is 11.1 Å². The van der Waals surface area contributed by atoms with Gasteiger partial charge in [0.1, 0.15) is 12.1 Å². The number of carbonyl (C=O) groups excluding carboxylic acids is 1. The smallest absolute Gasteiger partial charge is 0.326 e. The van der Waals surface area contributed by atoms with Gasteiger partial charge in [-0.05, 0) is 61.1 Å². The van der Waals surface area contributed by atoms with E-state index in [9.17, 15) is 20.0 Å². The van der Waals surface area contributed by atoms with Gasteiger partial charge in [-0.15, -0.1) is 0 Å². The van der Waals surface area contributed by atoms with E-state index in [1.165, 1.54) is 0 Å². The van der Waals surface area contributed by atoms with Gasteiger partial charge in [0.25, 0.3) is 0 Å². The minimum absolute atomic E-state index is 0.0546. The van der Waals surface area contributed by atoms with Gasteiger partial charge in [0.05, 0.1) is 11.3 Å². The number of nitriles is 1. The summed E-state index contributed by atoms with van der Waals surface area (Å²) < 4.78 is 0. The highest BCUT2D eigenvalue weighted by atomic mass is 16.4. The Kier molecular flexibility index (Phi) is 4.74. The zero-order valence-corrected chi connectivity index (χ0v) is 15.4. The van der Waals surface area contributed by atoms with Gasteiger partial charge in [-0.2, -0.15) is 5.26 Å². The number of amides is 1. The Labute approximate surface area is 163 Å². The van der Waals surface area contributed by atoms with Gasteiger partial charge < -0.3 is 15.3 Å². The first kappa shape index (κ1) is 18.1. The van der Waals surface area contributed by atoms with Gasteiger partial charge in [-0.3, -0.25) is 4.79 Å². The number of benzene rings is 2. The minimum atomic E-state index is -0.857. The lowest BCUT2D eigenvalue weighted by Crippen LogP contribution is -2.36. The Morgan fingerprint density at radius 3 is 2.61 bits per heavy atom. The summed E-state index contributed by atoms with van der Waals surface area (Å²) in [5.74, 6) is -0.667. The van der Waals surface area contributed by atoms with E-state index in [0.29, 0.717) is 24.2 Å². The Hall–Kier alpha value is -3.33. The second kappa shape index (κ2) is 7.35. The van der Waals surface area contributed by atoms with Crippen LogP contribution >= 0.6 is 0 Å². The van der Waals surface area contributed by atoms with E-state index in [0.717, 1.165) is 36.1 Å². The monoisotopic (exact) mass is 375 g/mol. The highest BCUT2D eigenvalue weighted by molar-refractivity contribution is 5.94. The summed E-state index contributed by atoms with van der Waals surface area (Å²) in [6, 6.07) is 14.7. The van der Waals surface area contributed by atoms with Gasteiger partial charge in [0, 0.05) is 18.2 Å². The molecular weight excluding hydrogens is 354 g/mol.